The normalized spacial score (nSPS) is 13.3. The first-order valence-corrected chi connectivity index (χ1v) is 5.47. The molecule has 1 heterocycles. The number of thioether (sulfide) groups is 1. The van der Waals surface area contributed by atoms with E-state index in [1.807, 2.05) is 0 Å². The maximum absolute atomic E-state index is 4.00. The smallest absolute Gasteiger partial charge is 0.183 e. The van der Waals surface area contributed by atoms with Crippen LogP contribution in [0.2, 0.25) is 0 Å². The van der Waals surface area contributed by atoms with Gasteiger partial charge in [0.15, 0.2) is 5.16 Å². The first-order valence-electron chi connectivity index (χ1n) is 3.37. The van der Waals surface area contributed by atoms with E-state index in [4.69, 9.17) is 0 Å². The second-order valence-corrected chi connectivity index (χ2v) is 4.02. The van der Waals surface area contributed by atoms with Gasteiger partial charge in [-0.2, -0.15) is 5.10 Å². The minimum absolute atomic E-state index is 0.671. The molecule has 0 amide bonds. The first kappa shape index (κ1) is 9.06. The Kier molecular flexibility index (Phi) is 3.93. The SMILES string of the molecule is CC(CBr)CSc1ncn[nH]1. The Morgan fingerprint density at radius 3 is 3.18 bits per heavy atom. The van der Waals surface area contributed by atoms with Crippen LogP contribution in [-0.4, -0.2) is 26.3 Å². The number of halogens is 1. The lowest BCUT2D eigenvalue weighted by atomic mass is 10.3. The topological polar surface area (TPSA) is 41.6 Å². The molecule has 62 valence electrons. The Balaban J connectivity index is 2.23. The van der Waals surface area contributed by atoms with Gasteiger partial charge in [-0.3, -0.25) is 5.10 Å². The predicted octanol–water partition coefficient (Wildman–Crippen LogP) is 1.93. The van der Waals surface area contributed by atoms with Crippen molar-refractivity contribution < 1.29 is 0 Å². The minimum Gasteiger partial charge on any atom is -0.254 e. The van der Waals surface area contributed by atoms with E-state index in [2.05, 4.69) is 38.0 Å². The van der Waals surface area contributed by atoms with Crippen LogP contribution >= 0.6 is 27.7 Å². The number of aromatic nitrogens is 3. The molecule has 1 unspecified atom stereocenters. The number of aromatic amines is 1. The predicted molar refractivity (Wildman–Crippen MR) is 50.1 cm³/mol. The maximum Gasteiger partial charge on any atom is 0.183 e. The van der Waals surface area contributed by atoms with Crippen molar-refractivity contribution in [2.24, 2.45) is 5.92 Å². The highest BCUT2D eigenvalue weighted by atomic mass is 79.9. The van der Waals surface area contributed by atoms with E-state index in [0.29, 0.717) is 5.92 Å². The molecule has 0 aliphatic rings. The lowest BCUT2D eigenvalue weighted by Gasteiger charge is -2.03. The molecule has 0 spiro atoms. The summed E-state index contributed by atoms with van der Waals surface area (Å²) in [6.07, 6.45) is 1.53. The number of nitrogens with one attached hydrogen (secondary N) is 1. The molecule has 11 heavy (non-hydrogen) atoms. The second-order valence-electron chi connectivity index (χ2n) is 2.36. The van der Waals surface area contributed by atoms with Crippen LogP contribution in [0.3, 0.4) is 0 Å². The molecular formula is C6H10BrN3S. The van der Waals surface area contributed by atoms with E-state index < -0.39 is 0 Å². The van der Waals surface area contributed by atoms with Crippen LogP contribution in [0.15, 0.2) is 11.5 Å². The largest absolute Gasteiger partial charge is 0.254 e. The Morgan fingerprint density at radius 1 is 1.82 bits per heavy atom. The summed E-state index contributed by atoms with van der Waals surface area (Å²) in [7, 11) is 0. The third-order valence-electron chi connectivity index (χ3n) is 1.16. The number of alkyl halides is 1. The number of nitrogens with zero attached hydrogens (tertiary/aromatic N) is 2. The molecule has 1 aromatic heterocycles. The van der Waals surface area contributed by atoms with Gasteiger partial charge in [0.1, 0.15) is 6.33 Å². The third-order valence-corrected chi connectivity index (χ3v) is 3.47. The zero-order valence-electron chi connectivity index (χ0n) is 6.25. The molecule has 0 fully saturated rings. The highest BCUT2D eigenvalue weighted by molar-refractivity contribution is 9.09. The van der Waals surface area contributed by atoms with Crippen molar-refractivity contribution in [2.75, 3.05) is 11.1 Å². The zero-order valence-corrected chi connectivity index (χ0v) is 8.65. The molecular weight excluding hydrogens is 226 g/mol. The van der Waals surface area contributed by atoms with Crippen LogP contribution in [0, 0.1) is 5.92 Å². The van der Waals surface area contributed by atoms with Gasteiger partial charge in [0.25, 0.3) is 0 Å². The quantitative estimate of drug-likeness (QED) is 0.641. The van der Waals surface area contributed by atoms with Gasteiger partial charge in [0.2, 0.25) is 0 Å². The lowest BCUT2D eigenvalue weighted by Crippen LogP contribution is -1.98. The van der Waals surface area contributed by atoms with Gasteiger partial charge in [-0.05, 0) is 5.92 Å². The fourth-order valence-corrected chi connectivity index (χ4v) is 1.86. The third kappa shape index (κ3) is 3.25. The summed E-state index contributed by atoms with van der Waals surface area (Å²) in [6.45, 7) is 2.19. The van der Waals surface area contributed by atoms with E-state index in [-0.39, 0.29) is 0 Å². The fourth-order valence-electron chi connectivity index (χ4n) is 0.530. The van der Waals surface area contributed by atoms with Crippen molar-refractivity contribution in [1.82, 2.24) is 15.2 Å². The van der Waals surface area contributed by atoms with Crippen LogP contribution in [0.5, 0.6) is 0 Å². The minimum atomic E-state index is 0.671. The van der Waals surface area contributed by atoms with Crippen molar-refractivity contribution in [2.45, 2.75) is 12.1 Å². The monoisotopic (exact) mass is 235 g/mol. The average molecular weight is 236 g/mol. The molecule has 1 aromatic rings. The summed E-state index contributed by atoms with van der Waals surface area (Å²) in [6, 6.07) is 0. The molecule has 0 aliphatic carbocycles. The standard InChI is InChI=1S/C6H10BrN3S/c1-5(2-7)3-11-6-8-4-9-10-6/h4-5H,2-3H2,1H3,(H,8,9,10). The summed E-state index contributed by atoms with van der Waals surface area (Å²) in [5.41, 5.74) is 0. The van der Waals surface area contributed by atoms with E-state index in [1.165, 1.54) is 6.33 Å². The summed E-state index contributed by atoms with van der Waals surface area (Å²) in [4.78, 5) is 4.00. The van der Waals surface area contributed by atoms with Crippen LogP contribution in [0.25, 0.3) is 0 Å². The molecule has 0 bridgehead atoms. The summed E-state index contributed by atoms with van der Waals surface area (Å²) in [5, 5.41) is 8.50. The van der Waals surface area contributed by atoms with Gasteiger partial charge in [-0.1, -0.05) is 34.6 Å². The van der Waals surface area contributed by atoms with Crippen molar-refractivity contribution in [1.29, 1.82) is 0 Å². The van der Waals surface area contributed by atoms with E-state index in [9.17, 15) is 0 Å². The first-order chi connectivity index (χ1) is 5.33. The van der Waals surface area contributed by atoms with Crippen molar-refractivity contribution in [3.8, 4) is 0 Å². The van der Waals surface area contributed by atoms with Crippen molar-refractivity contribution in [3.63, 3.8) is 0 Å². The average Bonchev–Trinajstić information content (AvgIpc) is 2.52. The number of hydrogen-bond donors (Lipinski definition) is 1. The van der Waals surface area contributed by atoms with E-state index in [1.54, 1.807) is 11.8 Å². The highest BCUT2D eigenvalue weighted by Gasteiger charge is 2.01. The van der Waals surface area contributed by atoms with Gasteiger partial charge in [0, 0.05) is 11.1 Å². The molecule has 0 aliphatic heterocycles. The van der Waals surface area contributed by atoms with Crippen LogP contribution < -0.4 is 0 Å². The molecule has 5 heteroatoms. The van der Waals surface area contributed by atoms with Gasteiger partial charge in [0.05, 0.1) is 0 Å². The second kappa shape index (κ2) is 4.77. The Bertz CT molecular complexity index is 190. The van der Waals surface area contributed by atoms with Gasteiger partial charge in [-0.15, -0.1) is 0 Å². The summed E-state index contributed by atoms with van der Waals surface area (Å²) >= 11 is 5.12. The molecule has 3 nitrogen and oxygen atoms in total. The summed E-state index contributed by atoms with van der Waals surface area (Å²) < 4.78 is 0. The summed E-state index contributed by atoms with van der Waals surface area (Å²) in [5.74, 6) is 1.74. The zero-order chi connectivity index (χ0) is 8.10. The highest BCUT2D eigenvalue weighted by Crippen LogP contribution is 2.16. The van der Waals surface area contributed by atoms with Gasteiger partial charge < -0.3 is 0 Å². The molecule has 0 radical (unpaired) electrons. The molecule has 1 rings (SSSR count). The van der Waals surface area contributed by atoms with Crippen LogP contribution in [0.1, 0.15) is 6.92 Å². The molecule has 0 saturated heterocycles. The number of hydrogen-bond acceptors (Lipinski definition) is 3. The van der Waals surface area contributed by atoms with Crippen LogP contribution in [-0.2, 0) is 0 Å². The maximum atomic E-state index is 4.00. The van der Waals surface area contributed by atoms with E-state index >= 15 is 0 Å². The Morgan fingerprint density at radius 2 is 2.64 bits per heavy atom. The number of H-pyrrole nitrogens is 1. The van der Waals surface area contributed by atoms with Crippen molar-refractivity contribution >= 4 is 27.7 Å². The molecule has 1 N–H and O–H groups in total. The number of rotatable bonds is 4. The molecule has 0 aromatic carbocycles. The molecule has 0 saturated carbocycles. The van der Waals surface area contributed by atoms with Gasteiger partial charge >= 0.3 is 0 Å². The van der Waals surface area contributed by atoms with Crippen molar-refractivity contribution in [3.05, 3.63) is 6.33 Å². The fraction of sp³-hybridized carbons (Fsp3) is 0.667. The Hall–Kier alpha value is -0.0300. The van der Waals surface area contributed by atoms with Crippen LogP contribution in [0.4, 0.5) is 0 Å². The lowest BCUT2D eigenvalue weighted by molar-refractivity contribution is 0.767. The van der Waals surface area contributed by atoms with Gasteiger partial charge in [-0.25, -0.2) is 4.98 Å². The molecule has 1 atom stereocenters. The Labute approximate surface area is 78.5 Å². The van der Waals surface area contributed by atoms with E-state index in [0.717, 1.165) is 16.2 Å².